The summed E-state index contributed by atoms with van der Waals surface area (Å²) >= 11 is 6.31. The Balaban J connectivity index is 1.83. The molecule has 138 valence electrons. The highest BCUT2D eigenvalue weighted by atomic mass is 35.5. The molecule has 0 saturated carbocycles. The molecule has 0 fully saturated rings. The van der Waals surface area contributed by atoms with E-state index in [0.29, 0.717) is 5.69 Å². The van der Waals surface area contributed by atoms with Crippen LogP contribution in [0, 0.1) is 22.9 Å². The van der Waals surface area contributed by atoms with Crippen molar-refractivity contribution in [3.8, 4) is 0 Å². The predicted octanol–water partition coefficient (Wildman–Crippen LogP) is 4.19. The quantitative estimate of drug-likeness (QED) is 0.524. The Kier molecular flexibility index (Phi) is 5.18. The smallest absolute Gasteiger partial charge is 0.271 e. The fourth-order valence-electron chi connectivity index (χ4n) is 2.57. The van der Waals surface area contributed by atoms with Crippen molar-refractivity contribution in [2.75, 3.05) is 5.32 Å². The number of aryl methyl sites for hydroxylation is 1. The van der Waals surface area contributed by atoms with Gasteiger partial charge in [-0.25, -0.2) is 9.07 Å². The molecule has 0 atom stereocenters. The third-order valence-electron chi connectivity index (χ3n) is 3.85. The lowest BCUT2D eigenvalue weighted by atomic mass is 10.2. The fraction of sp³-hybridized carbons (Fsp3) is 0.111. The number of nitrogens with zero attached hydrogens (tertiary/aromatic N) is 3. The highest BCUT2D eigenvalue weighted by molar-refractivity contribution is 6.33. The largest absolute Gasteiger partial charge is 0.322 e. The minimum absolute atomic E-state index is 0.125. The molecular formula is C18H14ClFN4O3. The molecule has 9 heteroatoms. The Morgan fingerprint density at radius 3 is 2.67 bits per heavy atom. The number of anilines is 1. The number of halogens is 2. The molecular weight excluding hydrogens is 375 g/mol. The van der Waals surface area contributed by atoms with Gasteiger partial charge in [0.15, 0.2) is 0 Å². The molecule has 0 aliphatic carbocycles. The van der Waals surface area contributed by atoms with Crippen LogP contribution >= 0.6 is 11.6 Å². The first kappa shape index (κ1) is 18.5. The summed E-state index contributed by atoms with van der Waals surface area (Å²) in [5.74, 6) is -0.873. The molecule has 3 aromatic rings. The van der Waals surface area contributed by atoms with E-state index in [1.54, 1.807) is 19.1 Å². The summed E-state index contributed by atoms with van der Waals surface area (Å²) in [6.45, 7) is 1.90. The molecule has 0 spiro atoms. The number of carbonyl (C=O) groups excluding carboxylic acids is 1. The van der Waals surface area contributed by atoms with Crippen molar-refractivity contribution in [3.05, 3.63) is 86.4 Å². The second-order valence-corrected chi connectivity index (χ2v) is 6.15. The third kappa shape index (κ3) is 4.12. The van der Waals surface area contributed by atoms with E-state index in [0.717, 1.165) is 5.56 Å². The SMILES string of the molecule is Cc1nn(Cc2ccc(F)cc2)c(Cl)c1C(=O)Nc1cccc([N+](=O)[O-])c1. The van der Waals surface area contributed by atoms with Gasteiger partial charge in [0.1, 0.15) is 11.0 Å². The molecule has 3 rings (SSSR count). The fourth-order valence-corrected chi connectivity index (χ4v) is 2.89. The van der Waals surface area contributed by atoms with Gasteiger partial charge in [-0.05, 0) is 30.7 Å². The lowest BCUT2D eigenvalue weighted by molar-refractivity contribution is -0.384. The standard InChI is InChI=1S/C18H14ClFN4O3/c1-11-16(18(25)21-14-3-2-4-15(9-14)24(26)27)17(19)23(22-11)10-12-5-7-13(20)8-6-12/h2-9H,10H2,1H3,(H,21,25). The molecule has 0 aliphatic heterocycles. The molecule has 0 aliphatic rings. The van der Waals surface area contributed by atoms with E-state index in [9.17, 15) is 19.3 Å². The van der Waals surface area contributed by atoms with Crippen molar-refractivity contribution in [1.29, 1.82) is 0 Å². The highest BCUT2D eigenvalue weighted by Crippen LogP contribution is 2.24. The molecule has 1 amide bonds. The van der Waals surface area contributed by atoms with Crippen LogP contribution in [0.5, 0.6) is 0 Å². The molecule has 0 unspecified atom stereocenters. The summed E-state index contributed by atoms with van der Waals surface area (Å²) in [5, 5.41) is 17.8. The second kappa shape index (κ2) is 7.55. The first-order chi connectivity index (χ1) is 12.8. The van der Waals surface area contributed by atoms with E-state index < -0.39 is 10.8 Å². The highest BCUT2D eigenvalue weighted by Gasteiger charge is 2.21. The minimum atomic E-state index is -0.547. The number of rotatable bonds is 5. The topological polar surface area (TPSA) is 90.1 Å². The molecule has 1 aromatic heterocycles. The van der Waals surface area contributed by atoms with E-state index in [1.807, 2.05) is 0 Å². The van der Waals surface area contributed by atoms with Gasteiger partial charge in [0.25, 0.3) is 11.6 Å². The molecule has 1 heterocycles. The summed E-state index contributed by atoms with van der Waals surface area (Å²) in [6.07, 6.45) is 0. The minimum Gasteiger partial charge on any atom is -0.322 e. The van der Waals surface area contributed by atoms with Crippen molar-refractivity contribution in [1.82, 2.24) is 9.78 Å². The van der Waals surface area contributed by atoms with Crippen molar-refractivity contribution >= 4 is 28.9 Å². The Bertz CT molecular complexity index is 1020. The summed E-state index contributed by atoms with van der Waals surface area (Å²) < 4.78 is 14.5. The molecule has 27 heavy (non-hydrogen) atoms. The van der Waals surface area contributed by atoms with E-state index in [-0.39, 0.29) is 34.5 Å². The number of hydrogen-bond donors (Lipinski definition) is 1. The number of benzene rings is 2. The zero-order chi connectivity index (χ0) is 19.6. The van der Waals surface area contributed by atoms with E-state index in [1.165, 1.54) is 41.1 Å². The Hall–Kier alpha value is -3.26. The molecule has 0 radical (unpaired) electrons. The van der Waals surface area contributed by atoms with Crippen molar-refractivity contribution < 1.29 is 14.1 Å². The zero-order valence-electron chi connectivity index (χ0n) is 14.1. The van der Waals surface area contributed by atoms with Crippen LogP contribution in [-0.2, 0) is 6.54 Å². The molecule has 7 nitrogen and oxygen atoms in total. The number of hydrogen-bond acceptors (Lipinski definition) is 4. The lowest BCUT2D eigenvalue weighted by Gasteiger charge is -2.06. The van der Waals surface area contributed by atoms with Gasteiger partial charge in [-0.3, -0.25) is 14.9 Å². The van der Waals surface area contributed by atoms with Crippen LogP contribution in [0.2, 0.25) is 5.15 Å². The van der Waals surface area contributed by atoms with Crippen LogP contribution in [0.25, 0.3) is 0 Å². The van der Waals surface area contributed by atoms with Gasteiger partial charge in [0.05, 0.1) is 22.7 Å². The maximum atomic E-state index is 13.0. The normalized spacial score (nSPS) is 10.6. The number of non-ortho nitro benzene ring substituents is 1. The van der Waals surface area contributed by atoms with Crippen molar-refractivity contribution in [2.24, 2.45) is 0 Å². The summed E-state index contributed by atoms with van der Waals surface area (Å²) in [4.78, 5) is 22.9. The first-order valence-corrected chi connectivity index (χ1v) is 8.26. The molecule has 2 aromatic carbocycles. The van der Waals surface area contributed by atoms with Gasteiger partial charge in [0.2, 0.25) is 0 Å². The average molecular weight is 389 g/mol. The van der Waals surface area contributed by atoms with Gasteiger partial charge >= 0.3 is 0 Å². The number of nitrogens with one attached hydrogen (secondary N) is 1. The third-order valence-corrected chi connectivity index (χ3v) is 4.24. The van der Waals surface area contributed by atoms with Crippen LogP contribution in [0.1, 0.15) is 21.6 Å². The number of nitro benzene ring substituents is 1. The van der Waals surface area contributed by atoms with Crippen molar-refractivity contribution in [3.63, 3.8) is 0 Å². The van der Waals surface area contributed by atoms with Gasteiger partial charge in [0, 0.05) is 17.8 Å². The Morgan fingerprint density at radius 1 is 1.30 bits per heavy atom. The molecule has 1 N–H and O–H groups in total. The van der Waals surface area contributed by atoms with Crippen LogP contribution in [0.3, 0.4) is 0 Å². The van der Waals surface area contributed by atoms with Gasteiger partial charge in [-0.1, -0.05) is 29.8 Å². The molecule has 0 saturated heterocycles. The number of amides is 1. The number of nitro groups is 1. The summed E-state index contributed by atoms with van der Waals surface area (Å²) in [5.41, 5.74) is 1.49. The first-order valence-electron chi connectivity index (χ1n) is 7.88. The average Bonchev–Trinajstić information content (AvgIpc) is 2.90. The monoisotopic (exact) mass is 388 g/mol. The van der Waals surface area contributed by atoms with E-state index in [2.05, 4.69) is 10.4 Å². The van der Waals surface area contributed by atoms with E-state index >= 15 is 0 Å². The second-order valence-electron chi connectivity index (χ2n) is 5.80. The zero-order valence-corrected chi connectivity index (χ0v) is 14.9. The lowest BCUT2D eigenvalue weighted by Crippen LogP contribution is -2.13. The molecule has 0 bridgehead atoms. The maximum absolute atomic E-state index is 13.0. The number of carbonyl (C=O) groups is 1. The van der Waals surface area contributed by atoms with Gasteiger partial charge in [-0.2, -0.15) is 5.10 Å². The summed E-state index contributed by atoms with van der Waals surface area (Å²) in [6, 6.07) is 11.5. The Morgan fingerprint density at radius 2 is 2.00 bits per heavy atom. The van der Waals surface area contributed by atoms with Crippen LogP contribution in [-0.4, -0.2) is 20.6 Å². The Labute approximate surface area is 158 Å². The number of aromatic nitrogens is 2. The van der Waals surface area contributed by atoms with Crippen LogP contribution < -0.4 is 5.32 Å². The van der Waals surface area contributed by atoms with Crippen LogP contribution in [0.4, 0.5) is 15.8 Å². The maximum Gasteiger partial charge on any atom is 0.271 e. The van der Waals surface area contributed by atoms with Gasteiger partial charge in [-0.15, -0.1) is 0 Å². The van der Waals surface area contributed by atoms with Crippen molar-refractivity contribution in [2.45, 2.75) is 13.5 Å². The van der Waals surface area contributed by atoms with Gasteiger partial charge < -0.3 is 5.32 Å². The summed E-state index contributed by atoms with van der Waals surface area (Å²) in [7, 11) is 0. The predicted molar refractivity (Wildman–Crippen MR) is 98.5 cm³/mol. The van der Waals surface area contributed by atoms with E-state index in [4.69, 9.17) is 11.6 Å². The van der Waals surface area contributed by atoms with Crippen LogP contribution in [0.15, 0.2) is 48.5 Å².